The third-order valence-electron chi connectivity index (χ3n) is 4.21. The molecule has 2 N–H and O–H groups in total. The largest absolute Gasteiger partial charge is 0.378 e. The van der Waals surface area contributed by atoms with E-state index in [4.69, 9.17) is 10.5 Å². The lowest BCUT2D eigenvalue weighted by Crippen LogP contribution is -2.38. The summed E-state index contributed by atoms with van der Waals surface area (Å²) in [5.74, 6) is -1.58. The maximum atomic E-state index is 13.6. The van der Waals surface area contributed by atoms with Crippen molar-refractivity contribution in [1.82, 2.24) is 0 Å². The van der Waals surface area contributed by atoms with Gasteiger partial charge < -0.3 is 15.4 Å². The van der Waals surface area contributed by atoms with E-state index in [2.05, 4.69) is 4.90 Å². The van der Waals surface area contributed by atoms with Crippen molar-refractivity contribution in [2.45, 2.75) is 18.3 Å². The van der Waals surface area contributed by atoms with Gasteiger partial charge in [0, 0.05) is 36.8 Å². The summed E-state index contributed by atoms with van der Waals surface area (Å²) in [6.45, 7) is 3.13. The Balaban J connectivity index is 2.03. The molecule has 1 saturated heterocycles. The summed E-state index contributed by atoms with van der Waals surface area (Å²) in [5.41, 5.74) is 7.32. The Morgan fingerprint density at radius 1 is 1.16 bits per heavy atom. The Morgan fingerprint density at radius 2 is 1.79 bits per heavy atom. The third kappa shape index (κ3) is 2.21. The lowest BCUT2D eigenvalue weighted by molar-refractivity contribution is 0.122. The average molecular weight is 268 g/mol. The van der Waals surface area contributed by atoms with Crippen molar-refractivity contribution in [2.75, 3.05) is 37.7 Å². The van der Waals surface area contributed by atoms with Gasteiger partial charge in [-0.05, 0) is 24.5 Å². The third-order valence-corrected chi connectivity index (χ3v) is 4.21. The number of nitrogens with zero attached hydrogens (tertiary/aromatic N) is 1. The van der Waals surface area contributed by atoms with Crippen molar-refractivity contribution < 1.29 is 13.5 Å². The van der Waals surface area contributed by atoms with Crippen molar-refractivity contribution in [3.63, 3.8) is 0 Å². The first-order valence-corrected chi connectivity index (χ1v) is 6.68. The van der Waals surface area contributed by atoms with Gasteiger partial charge in [-0.2, -0.15) is 0 Å². The number of halogens is 2. The number of hydrogen-bond donors (Lipinski definition) is 1. The molecule has 2 aliphatic rings. The lowest BCUT2D eigenvalue weighted by atomic mass is 9.93. The molecule has 2 fully saturated rings. The fraction of sp³-hybridized carbons (Fsp3) is 0.571. The van der Waals surface area contributed by atoms with Crippen LogP contribution in [0.2, 0.25) is 0 Å². The molecule has 1 aliphatic heterocycles. The Hall–Kier alpha value is -1.20. The molecule has 5 heteroatoms. The molecule has 3 rings (SSSR count). The minimum Gasteiger partial charge on any atom is -0.378 e. The Morgan fingerprint density at radius 3 is 2.37 bits per heavy atom. The zero-order valence-corrected chi connectivity index (χ0v) is 10.8. The molecule has 1 aliphatic carbocycles. The number of nitrogens with two attached hydrogens (primary N) is 1. The summed E-state index contributed by atoms with van der Waals surface area (Å²) < 4.78 is 32.4. The molecule has 3 nitrogen and oxygen atoms in total. The molecule has 0 amide bonds. The van der Waals surface area contributed by atoms with Crippen molar-refractivity contribution in [3.8, 4) is 0 Å². The van der Waals surface area contributed by atoms with E-state index in [0.29, 0.717) is 32.8 Å². The van der Waals surface area contributed by atoms with Crippen LogP contribution in [0.3, 0.4) is 0 Å². The molecule has 1 aromatic rings. The molecule has 1 saturated carbocycles. The summed E-state index contributed by atoms with van der Waals surface area (Å²) >= 11 is 0. The predicted molar refractivity (Wildman–Crippen MR) is 69.4 cm³/mol. The first-order chi connectivity index (χ1) is 9.16. The van der Waals surface area contributed by atoms with E-state index in [9.17, 15) is 8.78 Å². The molecule has 104 valence electrons. The van der Waals surface area contributed by atoms with E-state index in [0.717, 1.165) is 24.1 Å². The molecule has 0 unspecified atom stereocenters. The minimum atomic E-state index is -0.793. The topological polar surface area (TPSA) is 38.5 Å². The van der Waals surface area contributed by atoms with Gasteiger partial charge in [-0.3, -0.25) is 0 Å². The van der Waals surface area contributed by atoms with Gasteiger partial charge in [0.1, 0.15) is 0 Å². The number of ether oxygens (including phenoxy) is 1. The van der Waals surface area contributed by atoms with E-state index in [1.165, 1.54) is 12.1 Å². The second-order valence-electron chi connectivity index (χ2n) is 5.37. The molecule has 1 aromatic carbocycles. The molecule has 0 aromatic heterocycles. The highest BCUT2D eigenvalue weighted by Crippen LogP contribution is 2.51. The van der Waals surface area contributed by atoms with E-state index < -0.39 is 11.6 Å². The van der Waals surface area contributed by atoms with Gasteiger partial charge >= 0.3 is 0 Å². The monoisotopic (exact) mass is 268 g/mol. The summed E-state index contributed by atoms with van der Waals surface area (Å²) in [5, 5.41) is 0. The second-order valence-corrected chi connectivity index (χ2v) is 5.37. The van der Waals surface area contributed by atoms with Crippen LogP contribution in [-0.4, -0.2) is 32.8 Å². The second kappa shape index (κ2) is 4.72. The summed E-state index contributed by atoms with van der Waals surface area (Å²) in [6.07, 6.45) is 1.90. The highest BCUT2D eigenvalue weighted by Gasteiger charge is 2.45. The van der Waals surface area contributed by atoms with E-state index in [1.54, 1.807) is 0 Å². The smallest absolute Gasteiger partial charge is 0.160 e. The van der Waals surface area contributed by atoms with E-state index in [-0.39, 0.29) is 5.41 Å². The quantitative estimate of drug-likeness (QED) is 0.908. The lowest BCUT2D eigenvalue weighted by Gasteiger charge is -2.32. The zero-order valence-electron chi connectivity index (χ0n) is 10.8. The standard InChI is InChI=1S/C14H18F2N2O/c15-11-7-10(14(9-17)1-2-14)13(8-12(11)16)18-3-5-19-6-4-18/h7-8H,1-6,9,17H2. The van der Waals surface area contributed by atoms with Crippen molar-refractivity contribution >= 4 is 5.69 Å². The first-order valence-electron chi connectivity index (χ1n) is 6.68. The normalized spacial score (nSPS) is 21.5. The number of anilines is 1. The van der Waals surface area contributed by atoms with Crippen molar-refractivity contribution in [3.05, 3.63) is 29.3 Å². The Labute approximate surface area is 111 Å². The van der Waals surface area contributed by atoms with Crippen LogP contribution in [0, 0.1) is 11.6 Å². The van der Waals surface area contributed by atoms with Gasteiger partial charge in [0.2, 0.25) is 0 Å². The van der Waals surface area contributed by atoms with Gasteiger partial charge in [-0.15, -0.1) is 0 Å². The molecule has 0 spiro atoms. The minimum absolute atomic E-state index is 0.151. The Bertz CT molecular complexity index is 483. The number of morpholine rings is 1. The van der Waals surface area contributed by atoms with Crippen LogP contribution in [-0.2, 0) is 10.2 Å². The van der Waals surface area contributed by atoms with E-state index in [1.807, 2.05) is 0 Å². The van der Waals surface area contributed by atoms with Crippen LogP contribution >= 0.6 is 0 Å². The van der Waals surface area contributed by atoms with Crippen LogP contribution in [0.25, 0.3) is 0 Å². The summed E-state index contributed by atoms with van der Waals surface area (Å²) in [6, 6.07) is 2.64. The van der Waals surface area contributed by atoms with Crippen LogP contribution in [0.4, 0.5) is 14.5 Å². The number of rotatable bonds is 3. The highest BCUT2D eigenvalue weighted by atomic mass is 19.2. The maximum Gasteiger partial charge on any atom is 0.160 e. The van der Waals surface area contributed by atoms with Gasteiger partial charge in [0.25, 0.3) is 0 Å². The molecule has 19 heavy (non-hydrogen) atoms. The SMILES string of the molecule is NCC1(c2cc(F)c(F)cc2N2CCOCC2)CC1. The van der Waals surface area contributed by atoms with Gasteiger partial charge in [0.15, 0.2) is 11.6 Å². The molecular formula is C14H18F2N2O. The predicted octanol–water partition coefficient (Wildman–Crippen LogP) is 1.79. The number of hydrogen-bond acceptors (Lipinski definition) is 3. The summed E-state index contributed by atoms with van der Waals surface area (Å²) in [4.78, 5) is 2.07. The maximum absolute atomic E-state index is 13.6. The van der Waals surface area contributed by atoms with Crippen molar-refractivity contribution in [1.29, 1.82) is 0 Å². The molecular weight excluding hydrogens is 250 g/mol. The Kier molecular flexibility index (Phi) is 3.19. The van der Waals surface area contributed by atoms with Crippen LogP contribution < -0.4 is 10.6 Å². The van der Waals surface area contributed by atoms with Gasteiger partial charge in [0.05, 0.1) is 13.2 Å². The molecule has 0 atom stereocenters. The zero-order chi connectivity index (χ0) is 13.5. The number of benzene rings is 1. The van der Waals surface area contributed by atoms with Crippen LogP contribution in [0.5, 0.6) is 0 Å². The van der Waals surface area contributed by atoms with E-state index >= 15 is 0 Å². The van der Waals surface area contributed by atoms with Crippen LogP contribution in [0.1, 0.15) is 18.4 Å². The molecule has 0 bridgehead atoms. The summed E-state index contributed by atoms with van der Waals surface area (Å²) in [7, 11) is 0. The molecule has 1 heterocycles. The van der Waals surface area contributed by atoms with Gasteiger partial charge in [-0.25, -0.2) is 8.78 Å². The van der Waals surface area contributed by atoms with Gasteiger partial charge in [-0.1, -0.05) is 0 Å². The first kappa shape index (κ1) is 12.8. The van der Waals surface area contributed by atoms with Crippen LogP contribution in [0.15, 0.2) is 12.1 Å². The average Bonchev–Trinajstić information content (AvgIpc) is 3.23. The molecule has 0 radical (unpaired) electrons. The highest BCUT2D eigenvalue weighted by molar-refractivity contribution is 5.59. The fourth-order valence-electron chi connectivity index (χ4n) is 2.76. The van der Waals surface area contributed by atoms with Crippen molar-refractivity contribution in [2.24, 2.45) is 5.73 Å². The fourth-order valence-corrected chi connectivity index (χ4v) is 2.76.